The van der Waals surface area contributed by atoms with Crippen molar-refractivity contribution >= 4 is 23.3 Å². The number of amides is 3. The molecule has 2 N–H and O–H groups in total. The zero-order valence-electron chi connectivity index (χ0n) is 17.3. The second-order valence-electron chi connectivity index (χ2n) is 7.52. The third-order valence-corrected chi connectivity index (χ3v) is 5.23. The minimum atomic E-state index is -0.291. The number of carbonyl (C=O) groups is 2. The van der Waals surface area contributed by atoms with Crippen molar-refractivity contribution in [1.82, 2.24) is 14.9 Å². The minimum absolute atomic E-state index is 0.0747. The summed E-state index contributed by atoms with van der Waals surface area (Å²) in [6.45, 7) is 1.59. The lowest BCUT2D eigenvalue weighted by molar-refractivity contribution is 0.102. The van der Waals surface area contributed by atoms with Crippen LogP contribution in [-0.2, 0) is 0 Å². The largest absolute Gasteiger partial charge is 0.325 e. The van der Waals surface area contributed by atoms with Crippen molar-refractivity contribution in [2.75, 3.05) is 23.7 Å². The molecule has 1 saturated heterocycles. The molecular formula is C24H25N5O2. The van der Waals surface area contributed by atoms with E-state index in [1.807, 2.05) is 35.2 Å². The molecule has 7 nitrogen and oxygen atoms in total. The fraction of sp³-hybridized carbons (Fsp3) is 0.250. The molecule has 0 atom stereocenters. The Labute approximate surface area is 181 Å². The monoisotopic (exact) mass is 415 g/mol. The Morgan fingerprint density at radius 3 is 1.94 bits per heavy atom. The highest BCUT2D eigenvalue weighted by Crippen LogP contribution is 2.17. The van der Waals surface area contributed by atoms with Gasteiger partial charge in [0.2, 0.25) is 0 Å². The molecule has 1 fully saturated rings. The van der Waals surface area contributed by atoms with Crippen LogP contribution in [0, 0.1) is 0 Å². The minimum Gasteiger partial charge on any atom is -0.325 e. The SMILES string of the molecule is O=C(Nc1ccc(NC(=O)N2CCCCCC2)cc1)c1cnc(-c2ccccc2)nc1. The van der Waals surface area contributed by atoms with Crippen molar-refractivity contribution < 1.29 is 9.59 Å². The molecule has 1 aliphatic heterocycles. The topological polar surface area (TPSA) is 87.2 Å². The van der Waals surface area contributed by atoms with E-state index in [2.05, 4.69) is 20.6 Å². The van der Waals surface area contributed by atoms with Gasteiger partial charge in [0.05, 0.1) is 5.56 Å². The van der Waals surface area contributed by atoms with Crippen LogP contribution in [0.5, 0.6) is 0 Å². The van der Waals surface area contributed by atoms with Gasteiger partial charge >= 0.3 is 6.03 Å². The van der Waals surface area contributed by atoms with E-state index in [-0.39, 0.29) is 11.9 Å². The number of nitrogens with zero attached hydrogens (tertiary/aromatic N) is 3. The Morgan fingerprint density at radius 1 is 0.742 bits per heavy atom. The van der Waals surface area contributed by atoms with E-state index in [0.717, 1.165) is 31.5 Å². The molecule has 4 rings (SSSR count). The number of hydrogen-bond acceptors (Lipinski definition) is 4. The number of carbonyl (C=O) groups excluding carboxylic acids is 2. The molecule has 1 aromatic heterocycles. The second kappa shape index (κ2) is 9.84. The van der Waals surface area contributed by atoms with Crippen molar-refractivity contribution in [2.24, 2.45) is 0 Å². The van der Waals surface area contributed by atoms with Gasteiger partial charge in [0, 0.05) is 42.4 Å². The molecule has 2 aromatic carbocycles. The number of likely N-dealkylation sites (tertiary alicyclic amines) is 1. The zero-order chi connectivity index (χ0) is 21.5. The van der Waals surface area contributed by atoms with Crippen molar-refractivity contribution in [2.45, 2.75) is 25.7 Å². The van der Waals surface area contributed by atoms with Crippen LogP contribution in [0.3, 0.4) is 0 Å². The Morgan fingerprint density at radius 2 is 1.32 bits per heavy atom. The Balaban J connectivity index is 1.34. The van der Waals surface area contributed by atoms with Gasteiger partial charge in [-0.1, -0.05) is 43.2 Å². The molecule has 0 unspecified atom stereocenters. The lowest BCUT2D eigenvalue weighted by Gasteiger charge is -2.20. The third-order valence-electron chi connectivity index (χ3n) is 5.23. The van der Waals surface area contributed by atoms with Crippen LogP contribution in [0.4, 0.5) is 16.2 Å². The van der Waals surface area contributed by atoms with Gasteiger partial charge in [0.25, 0.3) is 5.91 Å². The molecule has 31 heavy (non-hydrogen) atoms. The van der Waals surface area contributed by atoms with Gasteiger partial charge in [-0.05, 0) is 37.1 Å². The van der Waals surface area contributed by atoms with Crippen LogP contribution >= 0.6 is 0 Å². The van der Waals surface area contributed by atoms with Gasteiger partial charge in [-0.25, -0.2) is 14.8 Å². The van der Waals surface area contributed by atoms with Crippen LogP contribution in [0.25, 0.3) is 11.4 Å². The van der Waals surface area contributed by atoms with Crippen molar-refractivity contribution in [3.05, 3.63) is 72.6 Å². The lowest BCUT2D eigenvalue weighted by Crippen LogP contribution is -2.35. The van der Waals surface area contributed by atoms with Crippen LogP contribution < -0.4 is 10.6 Å². The van der Waals surface area contributed by atoms with Gasteiger partial charge < -0.3 is 15.5 Å². The van der Waals surface area contributed by atoms with Crippen molar-refractivity contribution in [3.8, 4) is 11.4 Å². The molecule has 2 heterocycles. The first-order valence-corrected chi connectivity index (χ1v) is 10.5. The molecule has 0 saturated carbocycles. The summed E-state index contributed by atoms with van der Waals surface area (Å²) in [6.07, 6.45) is 7.49. The normalized spacial score (nSPS) is 13.9. The molecule has 0 spiro atoms. The van der Waals surface area contributed by atoms with E-state index in [9.17, 15) is 9.59 Å². The van der Waals surface area contributed by atoms with Crippen molar-refractivity contribution in [1.29, 1.82) is 0 Å². The fourth-order valence-electron chi connectivity index (χ4n) is 3.50. The third kappa shape index (κ3) is 5.45. The van der Waals surface area contributed by atoms with Gasteiger partial charge in [-0.3, -0.25) is 4.79 Å². The molecule has 3 amide bonds. The zero-order valence-corrected chi connectivity index (χ0v) is 17.3. The quantitative estimate of drug-likeness (QED) is 0.640. The summed E-state index contributed by atoms with van der Waals surface area (Å²) >= 11 is 0. The first kappa shape index (κ1) is 20.5. The number of rotatable bonds is 4. The molecular weight excluding hydrogens is 390 g/mol. The number of nitrogens with one attached hydrogen (secondary N) is 2. The van der Waals surface area contributed by atoms with Gasteiger partial charge in [0.1, 0.15) is 0 Å². The molecule has 3 aromatic rings. The summed E-state index contributed by atoms with van der Waals surface area (Å²) < 4.78 is 0. The first-order valence-electron chi connectivity index (χ1n) is 10.5. The maximum Gasteiger partial charge on any atom is 0.321 e. The fourth-order valence-corrected chi connectivity index (χ4v) is 3.50. The Bertz CT molecular complexity index is 1010. The molecule has 158 valence electrons. The molecule has 0 radical (unpaired) electrons. The highest BCUT2D eigenvalue weighted by Gasteiger charge is 2.15. The Kier molecular flexibility index (Phi) is 6.52. The van der Waals surface area contributed by atoms with Gasteiger partial charge in [-0.2, -0.15) is 0 Å². The maximum absolute atomic E-state index is 12.5. The highest BCUT2D eigenvalue weighted by atomic mass is 16.2. The summed E-state index contributed by atoms with van der Waals surface area (Å²) in [6, 6.07) is 16.6. The summed E-state index contributed by atoms with van der Waals surface area (Å²) in [5.74, 6) is 0.280. The van der Waals surface area contributed by atoms with E-state index in [1.165, 1.54) is 25.2 Å². The summed E-state index contributed by atoms with van der Waals surface area (Å²) in [5, 5.41) is 5.76. The number of aromatic nitrogens is 2. The molecule has 7 heteroatoms. The van der Waals surface area contributed by atoms with E-state index >= 15 is 0 Å². The first-order chi connectivity index (χ1) is 15.2. The van der Waals surface area contributed by atoms with Gasteiger partial charge in [0.15, 0.2) is 5.82 Å². The number of hydrogen-bond donors (Lipinski definition) is 2. The van der Waals surface area contributed by atoms with Crippen LogP contribution in [0.2, 0.25) is 0 Å². The number of anilines is 2. The smallest absolute Gasteiger partial charge is 0.321 e. The van der Waals surface area contributed by atoms with Crippen LogP contribution in [-0.4, -0.2) is 39.9 Å². The average molecular weight is 415 g/mol. The number of urea groups is 1. The van der Waals surface area contributed by atoms with E-state index in [1.54, 1.807) is 24.3 Å². The van der Waals surface area contributed by atoms with Crippen LogP contribution in [0.15, 0.2) is 67.0 Å². The van der Waals surface area contributed by atoms with Crippen LogP contribution in [0.1, 0.15) is 36.0 Å². The second-order valence-corrected chi connectivity index (χ2v) is 7.52. The summed E-state index contributed by atoms with van der Waals surface area (Å²) in [5.41, 5.74) is 2.60. The van der Waals surface area contributed by atoms with E-state index in [0.29, 0.717) is 22.8 Å². The summed E-state index contributed by atoms with van der Waals surface area (Å²) in [7, 11) is 0. The Hall–Kier alpha value is -3.74. The number of benzene rings is 2. The maximum atomic E-state index is 12.5. The lowest BCUT2D eigenvalue weighted by atomic mass is 10.2. The molecule has 1 aliphatic rings. The standard InChI is InChI=1S/C24H25N5O2/c30-23(19-16-25-22(26-17-19)18-8-4-3-5-9-18)27-20-10-12-21(13-11-20)28-24(31)29-14-6-1-2-7-15-29/h3-5,8-13,16-17H,1-2,6-7,14-15H2,(H,27,30)(H,28,31). The van der Waals surface area contributed by atoms with Crippen molar-refractivity contribution in [3.63, 3.8) is 0 Å². The highest BCUT2D eigenvalue weighted by molar-refractivity contribution is 6.04. The summed E-state index contributed by atoms with van der Waals surface area (Å²) in [4.78, 5) is 35.4. The van der Waals surface area contributed by atoms with E-state index < -0.39 is 0 Å². The van der Waals surface area contributed by atoms with E-state index in [4.69, 9.17) is 0 Å². The predicted octanol–water partition coefficient (Wildman–Crippen LogP) is 4.80. The van der Waals surface area contributed by atoms with Gasteiger partial charge in [-0.15, -0.1) is 0 Å². The average Bonchev–Trinajstić information content (AvgIpc) is 3.11. The molecule has 0 bridgehead atoms. The predicted molar refractivity (Wildman–Crippen MR) is 121 cm³/mol. The molecule has 0 aliphatic carbocycles.